The standard InChI is InChI=1S/C15H22N4O2/c1-5-10(4)12-15(21)19(11-6-16-8-17-7-11)13(9(2)3)14(20)18-12/h6-10,12-13H,5H2,1-4H3,(H,18,20). The number of amides is 2. The van der Waals surface area contributed by atoms with Crippen molar-refractivity contribution in [3.8, 4) is 0 Å². The number of hydrogen-bond donors (Lipinski definition) is 1. The summed E-state index contributed by atoms with van der Waals surface area (Å²) in [5.41, 5.74) is 0.573. The molecule has 2 amide bonds. The minimum Gasteiger partial charge on any atom is -0.342 e. The molecule has 1 saturated heterocycles. The molecule has 0 saturated carbocycles. The van der Waals surface area contributed by atoms with Gasteiger partial charge in [-0.3, -0.25) is 14.5 Å². The van der Waals surface area contributed by atoms with Crippen LogP contribution in [0, 0.1) is 11.8 Å². The van der Waals surface area contributed by atoms with Crippen molar-refractivity contribution in [3.63, 3.8) is 0 Å². The molecule has 2 heterocycles. The highest BCUT2D eigenvalue weighted by Gasteiger charge is 2.44. The van der Waals surface area contributed by atoms with Gasteiger partial charge < -0.3 is 5.32 Å². The van der Waals surface area contributed by atoms with Crippen molar-refractivity contribution >= 4 is 17.5 Å². The molecule has 0 aliphatic carbocycles. The Balaban J connectivity index is 2.43. The highest BCUT2D eigenvalue weighted by Crippen LogP contribution is 2.26. The number of carbonyl (C=O) groups excluding carboxylic acids is 2. The van der Waals surface area contributed by atoms with Gasteiger partial charge in [-0.25, -0.2) is 9.97 Å². The summed E-state index contributed by atoms with van der Waals surface area (Å²) in [5.74, 6) is -0.107. The number of aromatic nitrogens is 2. The number of nitrogens with zero attached hydrogens (tertiary/aromatic N) is 3. The Kier molecular flexibility index (Phi) is 4.55. The van der Waals surface area contributed by atoms with E-state index in [0.29, 0.717) is 5.69 Å². The van der Waals surface area contributed by atoms with Crippen LogP contribution in [0.15, 0.2) is 18.7 Å². The van der Waals surface area contributed by atoms with Crippen LogP contribution in [0.2, 0.25) is 0 Å². The second-order valence-electron chi connectivity index (χ2n) is 5.87. The van der Waals surface area contributed by atoms with Gasteiger partial charge in [0.2, 0.25) is 5.91 Å². The van der Waals surface area contributed by atoms with Crippen LogP contribution >= 0.6 is 0 Å². The van der Waals surface area contributed by atoms with Gasteiger partial charge in [-0.15, -0.1) is 0 Å². The second-order valence-corrected chi connectivity index (χ2v) is 5.87. The second kappa shape index (κ2) is 6.20. The summed E-state index contributed by atoms with van der Waals surface area (Å²) in [4.78, 5) is 34.8. The summed E-state index contributed by atoms with van der Waals surface area (Å²) in [6, 6.07) is -1.01. The maximum atomic E-state index is 12.8. The average Bonchev–Trinajstić information content (AvgIpc) is 2.48. The van der Waals surface area contributed by atoms with E-state index in [1.54, 1.807) is 17.3 Å². The van der Waals surface area contributed by atoms with Gasteiger partial charge in [0.05, 0.1) is 18.1 Å². The molecule has 1 N–H and O–H groups in total. The first-order valence-corrected chi connectivity index (χ1v) is 7.35. The Hall–Kier alpha value is -1.98. The molecule has 6 heteroatoms. The molecule has 114 valence electrons. The first-order chi connectivity index (χ1) is 9.97. The largest absolute Gasteiger partial charge is 0.342 e. The molecule has 1 fully saturated rings. The molecule has 3 unspecified atom stereocenters. The molecule has 1 aromatic heterocycles. The Morgan fingerprint density at radius 1 is 1.24 bits per heavy atom. The smallest absolute Gasteiger partial charge is 0.250 e. The summed E-state index contributed by atoms with van der Waals surface area (Å²) < 4.78 is 0. The van der Waals surface area contributed by atoms with E-state index < -0.39 is 12.1 Å². The summed E-state index contributed by atoms with van der Waals surface area (Å²) >= 11 is 0. The van der Waals surface area contributed by atoms with Crippen LogP contribution in [0.4, 0.5) is 5.69 Å². The summed E-state index contributed by atoms with van der Waals surface area (Å²) in [7, 11) is 0. The topological polar surface area (TPSA) is 75.2 Å². The van der Waals surface area contributed by atoms with Gasteiger partial charge in [-0.2, -0.15) is 0 Å². The minimum absolute atomic E-state index is 0.00652. The molecule has 6 nitrogen and oxygen atoms in total. The molecular weight excluding hydrogens is 268 g/mol. The monoisotopic (exact) mass is 290 g/mol. The molecular formula is C15H22N4O2. The zero-order valence-electron chi connectivity index (χ0n) is 12.9. The van der Waals surface area contributed by atoms with Crippen LogP contribution in [-0.4, -0.2) is 33.9 Å². The zero-order chi connectivity index (χ0) is 15.6. The van der Waals surface area contributed by atoms with Crippen LogP contribution < -0.4 is 10.2 Å². The van der Waals surface area contributed by atoms with E-state index in [1.807, 2.05) is 27.7 Å². The number of carbonyl (C=O) groups is 2. The van der Waals surface area contributed by atoms with Crippen LogP contribution in [-0.2, 0) is 9.59 Å². The Morgan fingerprint density at radius 3 is 2.38 bits per heavy atom. The maximum Gasteiger partial charge on any atom is 0.250 e. The van der Waals surface area contributed by atoms with Crippen molar-refractivity contribution in [2.45, 2.75) is 46.2 Å². The van der Waals surface area contributed by atoms with Crippen LogP contribution in [0.1, 0.15) is 34.1 Å². The number of hydrogen-bond acceptors (Lipinski definition) is 4. The molecule has 3 atom stereocenters. The van der Waals surface area contributed by atoms with E-state index in [1.165, 1.54) is 6.33 Å². The fraction of sp³-hybridized carbons (Fsp3) is 0.600. The van der Waals surface area contributed by atoms with E-state index in [0.717, 1.165) is 6.42 Å². The lowest BCUT2D eigenvalue weighted by molar-refractivity contribution is -0.136. The van der Waals surface area contributed by atoms with Crippen molar-refractivity contribution < 1.29 is 9.59 Å². The summed E-state index contributed by atoms with van der Waals surface area (Å²) in [6.07, 6.45) is 5.38. The van der Waals surface area contributed by atoms with Gasteiger partial charge in [0.1, 0.15) is 18.4 Å². The fourth-order valence-electron chi connectivity index (χ4n) is 2.63. The van der Waals surface area contributed by atoms with Gasteiger partial charge in [0.25, 0.3) is 5.91 Å². The minimum atomic E-state index is -0.524. The number of anilines is 1. The van der Waals surface area contributed by atoms with E-state index in [4.69, 9.17) is 0 Å². The van der Waals surface area contributed by atoms with Gasteiger partial charge >= 0.3 is 0 Å². The molecule has 21 heavy (non-hydrogen) atoms. The van der Waals surface area contributed by atoms with Crippen molar-refractivity contribution in [2.24, 2.45) is 11.8 Å². The van der Waals surface area contributed by atoms with E-state index >= 15 is 0 Å². The first kappa shape index (κ1) is 15.4. The highest BCUT2D eigenvalue weighted by molar-refractivity contribution is 6.08. The van der Waals surface area contributed by atoms with Crippen LogP contribution in [0.3, 0.4) is 0 Å². The molecule has 0 bridgehead atoms. The van der Waals surface area contributed by atoms with Gasteiger partial charge in [0, 0.05) is 0 Å². The lowest BCUT2D eigenvalue weighted by Gasteiger charge is -2.42. The molecule has 2 rings (SSSR count). The number of nitrogens with one attached hydrogen (secondary N) is 1. The van der Waals surface area contributed by atoms with Crippen molar-refractivity contribution in [1.82, 2.24) is 15.3 Å². The molecule has 0 spiro atoms. The summed E-state index contributed by atoms with van der Waals surface area (Å²) in [5, 5.41) is 2.88. The lowest BCUT2D eigenvalue weighted by Crippen LogP contribution is -2.66. The molecule has 0 radical (unpaired) electrons. The van der Waals surface area contributed by atoms with Gasteiger partial charge in [0.15, 0.2) is 0 Å². The Bertz CT molecular complexity index is 518. The van der Waals surface area contributed by atoms with Crippen LogP contribution in [0.25, 0.3) is 0 Å². The zero-order valence-corrected chi connectivity index (χ0v) is 12.9. The van der Waals surface area contributed by atoms with E-state index in [-0.39, 0.29) is 23.7 Å². The Labute approximate surface area is 125 Å². The Morgan fingerprint density at radius 2 is 1.86 bits per heavy atom. The number of rotatable bonds is 4. The molecule has 1 aliphatic heterocycles. The SMILES string of the molecule is CCC(C)C1NC(=O)C(C(C)C)N(c2cncnc2)C1=O. The van der Waals surface area contributed by atoms with E-state index in [9.17, 15) is 9.59 Å². The summed E-state index contributed by atoms with van der Waals surface area (Å²) in [6.45, 7) is 7.84. The van der Waals surface area contributed by atoms with Crippen molar-refractivity contribution in [2.75, 3.05) is 4.90 Å². The molecule has 1 aliphatic rings. The predicted octanol–water partition coefficient (Wildman–Crippen LogP) is 1.38. The first-order valence-electron chi connectivity index (χ1n) is 7.35. The van der Waals surface area contributed by atoms with Crippen molar-refractivity contribution in [1.29, 1.82) is 0 Å². The fourth-order valence-corrected chi connectivity index (χ4v) is 2.63. The van der Waals surface area contributed by atoms with E-state index in [2.05, 4.69) is 15.3 Å². The third kappa shape index (κ3) is 2.89. The third-order valence-electron chi connectivity index (χ3n) is 4.02. The number of piperazine rings is 1. The third-order valence-corrected chi connectivity index (χ3v) is 4.02. The lowest BCUT2D eigenvalue weighted by atomic mass is 9.90. The predicted molar refractivity (Wildman–Crippen MR) is 79.5 cm³/mol. The van der Waals surface area contributed by atoms with Gasteiger partial charge in [-0.1, -0.05) is 34.1 Å². The van der Waals surface area contributed by atoms with Crippen molar-refractivity contribution in [3.05, 3.63) is 18.7 Å². The normalized spacial score (nSPS) is 24.1. The van der Waals surface area contributed by atoms with Gasteiger partial charge in [-0.05, 0) is 11.8 Å². The highest BCUT2D eigenvalue weighted by atomic mass is 16.2. The quantitative estimate of drug-likeness (QED) is 0.909. The maximum absolute atomic E-state index is 12.8. The molecule has 0 aromatic carbocycles. The van der Waals surface area contributed by atoms with Crippen LogP contribution in [0.5, 0.6) is 0 Å². The average molecular weight is 290 g/mol. The molecule has 1 aromatic rings.